The van der Waals surface area contributed by atoms with Crippen molar-refractivity contribution in [2.45, 2.75) is 117 Å². The Hall–Kier alpha value is -7.11. The average molecular weight is 935 g/mol. The number of aromatic nitrogens is 2. The lowest BCUT2D eigenvalue weighted by Gasteiger charge is -2.32. The minimum absolute atomic E-state index is 0.0460. The SMILES string of the molecule is CC(C)(C)c1ccnc(-n2c3cc(Oc4cccc(N5CN(c6cccc(C(C)(C)c7ccccc7)c6)c6cc(C(C)(C)C)c(C(C)(C)C)cc65)c4)ccc3c3ccc(C(C)(C)c4ccccc4)cc32)c1. The monoisotopic (exact) mass is 935 g/mol. The summed E-state index contributed by atoms with van der Waals surface area (Å²) >= 11 is 0. The zero-order chi connectivity index (χ0) is 50.3. The van der Waals surface area contributed by atoms with E-state index in [1.165, 1.54) is 61.4 Å². The van der Waals surface area contributed by atoms with Crippen LogP contribution >= 0.6 is 0 Å². The highest BCUT2D eigenvalue weighted by Gasteiger charge is 2.35. The largest absolute Gasteiger partial charge is 0.457 e. The van der Waals surface area contributed by atoms with Gasteiger partial charge >= 0.3 is 0 Å². The van der Waals surface area contributed by atoms with E-state index < -0.39 is 0 Å². The molecule has 0 N–H and O–H groups in total. The van der Waals surface area contributed by atoms with Crippen LogP contribution in [0.3, 0.4) is 0 Å². The molecule has 0 bridgehead atoms. The third-order valence-electron chi connectivity index (χ3n) is 15.1. The van der Waals surface area contributed by atoms with Gasteiger partial charge in [-0.15, -0.1) is 0 Å². The van der Waals surface area contributed by atoms with Crippen molar-refractivity contribution in [3.8, 4) is 17.3 Å². The Labute approximate surface area is 422 Å². The van der Waals surface area contributed by atoms with Crippen molar-refractivity contribution < 1.29 is 4.74 Å². The molecule has 5 heteroatoms. The van der Waals surface area contributed by atoms with E-state index in [4.69, 9.17) is 9.72 Å². The summed E-state index contributed by atoms with van der Waals surface area (Å²) in [5.74, 6) is 2.43. The molecule has 360 valence electrons. The van der Waals surface area contributed by atoms with Crippen LogP contribution in [0.5, 0.6) is 11.5 Å². The summed E-state index contributed by atoms with van der Waals surface area (Å²) in [4.78, 5) is 10.0. The van der Waals surface area contributed by atoms with Crippen LogP contribution in [0.2, 0.25) is 0 Å². The summed E-state index contributed by atoms with van der Waals surface area (Å²) in [7, 11) is 0. The number of pyridine rings is 1. The molecule has 0 saturated heterocycles. The maximum Gasteiger partial charge on any atom is 0.137 e. The third kappa shape index (κ3) is 8.79. The summed E-state index contributed by atoms with van der Waals surface area (Å²) in [6, 6.07) is 62.2. The van der Waals surface area contributed by atoms with Gasteiger partial charge in [-0.2, -0.15) is 0 Å². The Bertz CT molecular complexity index is 3430. The highest BCUT2D eigenvalue weighted by Crippen LogP contribution is 2.50. The number of benzene rings is 7. The van der Waals surface area contributed by atoms with Gasteiger partial charge in [-0.05, 0) is 122 Å². The summed E-state index contributed by atoms with van der Waals surface area (Å²) in [6.45, 7) is 30.7. The predicted molar refractivity (Wildman–Crippen MR) is 300 cm³/mol. The maximum atomic E-state index is 6.95. The normalized spacial score (nSPS) is 13.6. The molecule has 9 aromatic rings. The van der Waals surface area contributed by atoms with Crippen molar-refractivity contribution in [1.82, 2.24) is 9.55 Å². The first-order valence-electron chi connectivity index (χ1n) is 25.4. The smallest absolute Gasteiger partial charge is 0.137 e. The Morgan fingerprint density at radius 3 is 1.45 bits per heavy atom. The molecule has 1 aliphatic heterocycles. The molecule has 0 fully saturated rings. The molecule has 3 heterocycles. The number of rotatable bonds is 9. The minimum Gasteiger partial charge on any atom is -0.457 e. The Morgan fingerprint density at radius 1 is 0.394 bits per heavy atom. The quantitative estimate of drug-likeness (QED) is 0.144. The van der Waals surface area contributed by atoms with Gasteiger partial charge in [0.25, 0.3) is 0 Å². The van der Waals surface area contributed by atoms with Crippen LogP contribution < -0.4 is 14.5 Å². The van der Waals surface area contributed by atoms with Crippen molar-refractivity contribution >= 4 is 44.6 Å². The predicted octanol–water partition coefficient (Wildman–Crippen LogP) is 17.8. The molecule has 71 heavy (non-hydrogen) atoms. The molecular weight excluding hydrogens is 865 g/mol. The van der Waals surface area contributed by atoms with Gasteiger partial charge in [0.2, 0.25) is 0 Å². The molecule has 0 aliphatic carbocycles. The second kappa shape index (κ2) is 17.3. The van der Waals surface area contributed by atoms with Gasteiger partial charge < -0.3 is 14.5 Å². The Kier molecular flexibility index (Phi) is 11.6. The molecule has 7 aromatic carbocycles. The van der Waals surface area contributed by atoms with Crippen LogP contribution in [0.15, 0.2) is 176 Å². The first kappa shape index (κ1) is 47.6. The number of hydrogen-bond acceptors (Lipinski definition) is 4. The lowest BCUT2D eigenvalue weighted by Crippen LogP contribution is -2.25. The van der Waals surface area contributed by atoms with Gasteiger partial charge in [0.1, 0.15) is 24.0 Å². The Balaban J connectivity index is 1.07. The Morgan fingerprint density at radius 2 is 0.887 bits per heavy atom. The molecule has 1 aliphatic rings. The number of ether oxygens (including phenoxy) is 1. The van der Waals surface area contributed by atoms with E-state index in [1.54, 1.807) is 0 Å². The van der Waals surface area contributed by atoms with Crippen molar-refractivity contribution in [2.24, 2.45) is 0 Å². The van der Waals surface area contributed by atoms with E-state index in [2.05, 4.69) is 274 Å². The lowest BCUT2D eigenvalue weighted by molar-refractivity contribution is 0.483. The molecule has 10 rings (SSSR count). The van der Waals surface area contributed by atoms with Gasteiger partial charge in [0.15, 0.2) is 0 Å². The summed E-state index contributed by atoms with van der Waals surface area (Å²) < 4.78 is 9.28. The fourth-order valence-corrected chi connectivity index (χ4v) is 10.6. The highest BCUT2D eigenvalue weighted by atomic mass is 16.5. The molecule has 5 nitrogen and oxygen atoms in total. The first-order valence-corrected chi connectivity index (χ1v) is 25.4. The highest BCUT2D eigenvalue weighted by molar-refractivity contribution is 6.09. The van der Waals surface area contributed by atoms with E-state index in [0.29, 0.717) is 6.67 Å². The fourth-order valence-electron chi connectivity index (χ4n) is 10.6. The van der Waals surface area contributed by atoms with Crippen LogP contribution in [0, 0.1) is 0 Å². The lowest BCUT2D eigenvalue weighted by atomic mass is 9.74. The fraction of sp³-hybridized carbons (Fsp3) is 0.288. The third-order valence-corrected chi connectivity index (χ3v) is 15.1. The maximum absolute atomic E-state index is 6.95. The standard InChI is InChI=1S/C66H70N4O/c1-62(2,3)46-34-35-67-61(38-46)70-57-37-48(66(12,13)45-24-18-15-19-25-45)30-32-53(57)54-33-31-52(40-58(54)70)71-51-29-21-28-50(39-51)69-43-68(59-41-55(63(4,5)6)56(42-60(59)69)64(7,8)9)49-27-20-26-47(36-49)65(10,11)44-22-16-14-17-23-44/h14-42H,43H2,1-13H3. The van der Waals surface area contributed by atoms with Gasteiger partial charge in [0.05, 0.1) is 22.4 Å². The second-order valence-corrected chi connectivity index (χ2v) is 23.9. The topological polar surface area (TPSA) is 33.5 Å². The zero-order valence-electron chi connectivity index (χ0n) is 44.1. The van der Waals surface area contributed by atoms with Crippen molar-refractivity contribution in [3.05, 3.63) is 215 Å². The van der Waals surface area contributed by atoms with Gasteiger partial charge in [-0.1, -0.05) is 181 Å². The average Bonchev–Trinajstić information content (AvgIpc) is 3.89. The number of nitrogens with zero attached hydrogens (tertiary/aromatic N) is 4. The van der Waals surface area contributed by atoms with Crippen molar-refractivity contribution in [2.75, 3.05) is 16.5 Å². The molecule has 2 aromatic heterocycles. The van der Waals surface area contributed by atoms with E-state index in [9.17, 15) is 0 Å². The summed E-state index contributed by atoms with van der Waals surface area (Å²) in [6.07, 6.45) is 1.95. The first-order chi connectivity index (χ1) is 33.6. The molecular formula is C66H70N4O. The van der Waals surface area contributed by atoms with Crippen LogP contribution in [0.25, 0.3) is 27.6 Å². The number of fused-ring (bicyclic) bond motifs is 4. The molecule has 0 amide bonds. The van der Waals surface area contributed by atoms with Crippen LogP contribution in [-0.4, -0.2) is 16.2 Å². The molecule has 0 spiro atoms. The minimum atomic E-state index is -0.212. The van der Waals surface area contributed by atoms with E-state index in [-0.39, 0.29) is 27.1 Å². The van der Waals surface area contributed by atoms with E-state index in [1.807, 2.05) is 6.20 Å². The van der Waals surface area contributed by atoms with E-state index in [0.717, 1.165) is 39.4 Å². The van der Waals surface area contributed by atoms with Gasteiger partial charge in [-0.25, -0.2) is 4.98 Å². The van der Waals surface area contributed by atoms with Gasteiger partial charge in [-0.3, -0.25) is 4.57 Å². The van der Waals surface area contributed by atoms with Crippen LogP contribution in [0.1, 0.15) is 129 Å². The molecule has 0 radical (unpaired) electrons. The van der Waals surface area contributed by atoms with E-state index >= 15 is 0 Å². The van der Waals surface area contributed by atoms with Gasteiger partial charge in [0, 0.05) is 51.3 Å². The summed E-state index contributed by atoms with van der Waals surface area (Å²) in [5, 5.41) is 2.34. The molecule has 0 saturated carbocycles. The van der Waals surface area contributed by atoms with Crippen molar-refractivity contribution in [1.29, 1.82) is 0 Å². The van der Waals surface area contributed by atoms with Crippen LogP contribution in [0.4, 0.5) is 22.7 Å². The number of hydrogen-bond donors (Lipinski definition) is 0. The zero-order valence-corrected chi connectivity index (χ0v) is 44.1. The van der Waals surface area contributed by atoms with Crippen molar-refractivity contribution in [3.63, 3.8) is 0 Å². The second-order valence-electron chi connectivity index (χ2n) is 23.9. The summed E-state index contributed by atoms with van der Waals surface area (Å²) in [5.41, 5.74) is 15.3. The molecule has 0 atom stereocenters. The number of anilines is 4. The molecule has 0 unspecified atom stereocenters. The van der Waals surface area contributed by atoms with Crippen LogP contribution in [-0.2, 0) is 27.1 Å².